The number of carboxylic acid groups (broad SMARTS) is 1. The molecule has 1 fully saturated rings. The van der Waals surface area contributed by atoms with Crippen molar-refractivity contribution < 1.29 is 23.8 Å². The Hall–Kier alpha value is -1.99. The molecule has 0 saturated carbocycles. The number of rotatable bonds is 4. The molecule has 1 amide bonds. The van der Waals surface area contributed by atoms with E-state index in [1.807, 2.05) is 0 Å². The fraction of sp³-hybridized carbons (Fsp3) is 0.385. The first kappa shape index (κ1) is 14.4. The number of aromatic carboxylic acids is 1. The number of anilines is 1. The Labute approximate surface area is 114 Å². The van der Waals surface area contributed by atoms with Crippen molar-refractivity contribution in [2.75, 3.05) is 19.0 Å². The van der Waals surface area contributed by atoms with Crippen LogP contribution in [0, 0.1) is 5.82 Å². The van der Waals surface area contributed by atoms with Crippen molar-refractivity contribution in [1.82, 2.24) is 5.32 Å². The van der Waals surface area contributed by atoms with E-state index in [9.17, 15) is 14.0 Å². The number of amides is 1. The van der Waals surface area contributed by atoms with Gasteiger partial charge in [-0.25, -0.2) is 9.18 Å². The normalized spacial score (nSPS) is 21.7. The summed E-state index contributed by atoms with van der Waals surface area (Å²) >= 11 is 0. The molecule has 2 rings (SSSR count). The molecule has 2 atom stereocenters. The number of hydrogen-bond donors (Lipinski definition) is 3. The molecule has 3 N–H and O–H groups in total. The van der Waals surface area contributed by atoms with Gasteiger partial charge in [0.25, 0.3) is 0 Å². The van der Waals surface area contributed by atoms with Crippen LogP contribution in [-0.4, -0.2) is 42.8 Å². The summed E-state index contributed by atoms with van der Waals surface area (Å²) in [5.41, 5.74) is -0.203. The minimum Gasteiger partial charge on any atom is -0.478 e. The molecule has 0 aromatic heterocycles. The molecule has 20 heavy (non-hydrogen) atoms. The number of carbonyl (C=O) groups is 2. The number of carboxylic acids is 1. The number of benzene rings is 1. The summed E-state index contributed by atoms with van der Waals surface area (Å²) in [6, 6.07) is 2.66. The predicted molar refractivity (Wildman–Crippen MR) is 69.2 cm³/mol. The van der Waals surface area contributed by atoms with Crippen molar-refractivity contribution in [3.05, 3.63) is 29.6 Å². The van der Waals surface area contributed by atoms with Crippen LogP contribution in [0.4, 0.5) is 10.1 Å². The van der Waals surface area contributed by atoms with Crippen molar-refractivity contribution in [3.8, 4) is 0 Å². The number of methoxy groups -OCH3 is 1. The second kappa shape index (κ2) is 5.98. The van der Waals surface area contributed by atoms with Gasteiger partial charge >= 0.3 is 5.97 Å². The number of carbonyl (C=O) groups excluding carboxylic acids is 1. The van der Waals surface area contributed by atoms with Crippen LogP contribution < -0.4 is 10.6 Å². The molecule has 1 aliphatic heterocycles. The van der Waals surface area contributed by atoms with Crippen molar-refractivity contribution in [2.45, 2.75) is 18.6 Å². The van der Waals surface area contributed by atoms with Gasteiger partial charge in [0, 0.05) is 13.7 Å². The maximum absolute atomic E-state index is 13.2. The summed E-state index contributed by atoms with van der Waals surface area (Å²) < 4.78 is 18.3. The molecular weight excluding hydrogens is 267 g/mol. The summed E-state index contributed by atoms with van der Waals surface area (Å²) in [7, 11) is 1.56. The molecule has 6 nitrogen and oxygen atoms in total. The van der Waals surface area contributed by atoms with Crippen molar-refractivity contribution in [1.29, 1.82) is 0 Å². The Bertz CT molecular complexity index is 535. The number of halogens is 1. The monoisotopic (exact) mass is 282 g/mol. The van der Waals surface area contributed by atoms with Crippen molar-refractivity contribution >= 4 is 17.6 Å². The molecule has 1 aliphatic rings. The van der Waals surface area contributed by atoms with E-state index < -0.39 is 23.7 Å². The lowest BCUT2D eigenvalue weighted by Crippen LogP contribution is -2.35. The van der Waals surface area contributed by atoms with Crippen molar-refractivity contribution in [3.63, 3.8) is 0 Å². The zero-order valence-corrected chi connectivity index (χ0v) is 10.9. The third kappa shape index (κ3) is 3.12. The molecule has 1 aromatic carbocycles. The number of ether oxygens (including phenoxy) is 1. The maximum atomic E-state index is 13.2. The van der Waals surface area contributed by atoms with Gasteiger partial charge in [-0.1, -0.05) is 0 Å². The fourth-order valence-electron chi connectivity index (χ4n) is 2.11. The van der Waals surface area contributed by atoms with E-state index in [-0.39, 0.29) is 17.4 Å². The second-order valence-electron chi connectivity index (χ2n) is 4.54. The van der Waals surface area contributed by atoms with Crippen LogP contribution in [0.25, 0.3) is 0 Å². The van der Waals surface area contributed by atoms with Gasteiger partial charge in [-0.15, -0.1) is 0 Å². The zero-order chi connectivity index (χ0) is 14.7. The fourth-order valence-corrected chi connectivity index (χ4v) is 2.11. The van der Waals surface area contributed by atoms with E-state index in [0.29, 0.717) is 13.0 Å². The molecule has 1 heterocycles. The predicted octanol–water partition coefficient (Wildman–Crippen LogP) is 0.839. The van der Waals surface area contributed by atoms with E-state index in [0.717, 1.165) is 18.2 Å². The van der Waals surface area contributed by atoms with Crippen LogP contribution in [0.5, 0.6) is 0 Å². The quantitative estimate of drug-likeness (QED) is 0.761. The number of hydrogen-bond acceptors (Lipinski definition) is 4. The molecule has 1 aromatic rings. The highest BCUT2D eigenvalue weighted by Crippen LogP contribution is 2.19. The molecule has 0 aliphatic carbocycles. The highest BCUT2D eigenvalue weighted by atomic mass is 19.1. The van der Waals surface area contributed by atoms with Gasteiger partial charge in [0.15, 0.2) is 0 Å². The summed E-state index contributed by atoms with van der Waals surface area (Å²) in [5, 5.41) is 14.4. The first-order chi connectivity index (χ1) is 9.51. The standard InChI is InChI=1S/C13H15FN2O4/c1-20-8-5-11(15-6-8)12(17)16-10-4-7(14)2-3-9(10)13(18)19/h2-4,8,11,15H,5-6H2,1H3,(H,16,17)(H,18,19). The largest absolute Gasteiger partial charge is 0.478 e. The van der Waals surface area contributed by atoms with E-state index in [4.69, 9.17) is 9.84 Å². The average Bonchev–Trinajstić information content (AvgIpc) is 2.87. The van der Waals surface area contributed by atoms with E-state index >= 15 is 0 Å². The highest BCUT2D eigenvalue weighted by Gasteiger charge is 2.29. The zero-order valence-electron chi connectivity index (χ0n) is 10.9. The Kier molecular flexibility index (Phi) is 4.31. The summed E-state index contributed by atoms with van der Waals surface area (Å²) in [6.07, 6.45) is 0.428. The minimum absolute atomic E-state index is 0.0508. The molecule has 0 spiro atoms. The Morgan fingerprint density at radius 3 is 2.85 bits per heavy atom. The van der Waals surface area contributed by atoms with Crippen LogP contribution in [0.1, 0.15) is 16.8 Å². The van der Waals surface area contributed by atoms with Gasteiger partial charge in [-0.2, -0.15) is 0 Å². The summed E-state index contributed by atoms with van der Waals surface area (Å²) in [4.78, 5) is 23.0. The second-order valence-corrected chi connectivity index (χ2v) is 4.54. The first-order valence-electron chi connectivity index (χ1n) is 6.11. The smallest absolute Gasteiger partial charge is 0.337 e. The summed E-state index contributed by atoms with van der Waals surface area (Å²) in [5.74, 6) is -2.24. The van der Waals surface area contributed by atoms with Crippen molar-refractivity contribution in [2.24, 2.45) is 0 Å². The highest BCUT2D eigenvalue weighted by molar-refractivity contribution is 6.02. The van der Waals surface area contributed by atoms with Gasteiger partial charge in [-0.05, 0) is 24.6 Å². The average molecular weight is 282 g/mol. The van der Waals surface area contributed by atoms with Gasteiger partial charge < -0.3 is 20.5 Å². The van der Waals surface area contributed by atoms with Gasteiger partial charge in [0.1, 0.15) is 5.82 Å². The lowest BCUT2D eigenvalue weighted by atomic mass is 10.1. The van der Waals surface area contributed by atoms with Crippen LogP contribution in [0.2, 0.25) is 0 Å². The van der Waals surface area contributed by atoms with Crippen LogP contribution in [0.15, 0.2) is 18.2 Å². The third-order valence-corrected chi connectivity index (χ3v) is 3.21. The van der Waals surface area contributed by atoms with Gasteiger partial charge in [0.05, 0.1) is 23.4 Å². The van der Waals surface area contributed by atoms with Gasteiger partial charge in [-0.3, -0.25) is 4.79 Å². The molecule has 108 valence electrons. The van der Waals surface area contributed by atoms with E-state index in [1.54, 1.807) is 7.11 Å². The van der Waals surface area contributed by atoms with E-state index in [2.05, 4.69) is 10.6 Å². The molecule has 0 bridgehead atoms. The molecule has 0 radical (unpaired) electrons. The molecule has 2 unspecified atom stereocenters. The van der Waals surface area contributed by atoms with Crippen LogP contribution in [0.3, 0.4) is 0 Å². The number of nitrogens with one attached hydrogen (secondary N) is 2. The first-order valence-corrected chi connectivity index (χ1v) is 6.11. The topological polar surface area (TPSA) is 87.7 Å². The Balaban J connectivity index is 2.11. The van der Waals surface area contributed by atoms with Gasteiger partial charge in [0.2, 0.25) is 5.91 Å². The minimum atomic E-state index is -1.23. The lowest BCUT2D eigenvalue weighted by molar-refractivity contribution is -0.118. The van der Waals surface area contributed by atoms with Crippen LogP contribution >= 0.6 is 0 Å². The molecule has 1 saturated heterocycles. The third-order valence-electron chi connectivity index (χ3n) is 3.21. The lowest BCUT2D eigenvalue weighted by Gasteiger charge is -2.13. The van der Waals surface area contributed by atoms with Crippen LogP contribution in [-0.2, 0) is 9.53 Å². The summed E-state index contributed by atoms with van der Waals surface area (Å²) in [6.45, 7) is 0.545. The Morgan fingerprint density at radius 1 is 1.50 bits per heavy atom. The Morgan fingerprint density at radius 2 is 2.25 bits per heavy atom. The molecular formula is C13H15FN2O4. The van der Waals surface area contributed by atoms with E-state index in [1.165, 1.54) is 0 Å². The SMILES string of the molecule is COC1CNC(C(=O)Nc2cc(F)ccc2C(=O)O)C1. The maximum Gasteiger partial charge on any atom is 0.337 e. The molecule has 7 heteroatoms.